The number of alkyl halides is 1. The Bertz CT molecular complexity index is 291. The number of aromatic nitrogens is 3. The lowest BCUT2D eigenvalue weighted by Gasteiger charge is -2.04. The zero-order chi connectivity index (χ0) is 10.4. The number of hydrogen-bond acceptors (Lipinski definition) is 5. The molecule has 0 fully saturated rings. The largest absolute Gasteiger partial charge is 0.368 e. The summed E-state index contributed by atoms with van der Waals surface area (Å²) in [6.07, 6.45) is 1.62. The molecule has 0 aliphatic heterocycles. The van der Waals surface area contributed by atoms with Gasteiger partial charge in [0.05, 0.1) is 0 Å². The van der Waals surface area contributed by atoms with Gasteiger partial charge in [0.15, 0.2) is 0 Å². The van der Waals surface area contributed by atoms with Gasteiger partial charge in [-0.05, 0) is 6.42 Å². The predicted molar refractivity (Wildman–Crippen MR) is 57.4 cm³/mol. The van der Waals surface area contributed by atoms with Crippen LogP contribution in [0.15, 0.2) is 0 Å². The second kappa shape index (κ2) is 5.59. The highest BCUT2D eigenvalue weighted by Crippen LogP contribution is 2.03. The number of nitrogens with one attached hydrogen (secondary N) is 1. The third-order valence-corrected chi connectivity index (χ3v) is 1.74. The molecule has 0 unspecified atom stereocenters. The Balaban J connectivity index is 2.73. The van der Waals surface area contributed by atoms with Crippen LogP contribution in [0.1, 0.15) is 19.2 Å². The van der Waals surface area contributed by atoms with Crippen LogP contribution in [0.2, 0.25) is 0 Å². The minimum atomic E-state index is 0.235. The van der Waals surface area contributed by atoms with Crippen LogP contribution < -0.4 is 11.1 Å². The average molecular weight is 216 g/mol. The Morgan fingerprint density at radius 2 is 2.14 bits per heavy atom. The molecule has 0 spiro atoms. The Kier molecular flexibility index (Phi) is 4.39. The van der Waals surface area contributed by atoms with Crippen molar-refractivity contribution in [1.82, 2.24) is 15.0 Å². The Morgan fingerprint density at radius 3 is 2.79 bits per heavy atom. The molecule has 1 aromatic heterocycles. The molecule has 1 heterocycles. The van der Waals surface area contributed by atoms with E-state index in [4.69, 9.17) is 17.3 Å². The maximum absolute atomic E-state index is 5.58. The fourth-order valence-corrected chi connectivity index (χ4v) is 1.12. The van der Waals surface area contributed by atoms with E-state index in [0.29, 0.717) is 24.1 Å². The van der Waals surface area contributed by atoms with Crippen LogP contribution >= 0.6 is 11.6 Å². The van der Waals surface area contributed by atoms with Gasteiger partial charge in [-0.1, -0.05) is 6.92 Å². The van der Waals surface area contributed by atoms with E-state index >= 15 is 0 Å². The lowest BCUT2D eigenvalue weighted by molar-refractivity contribution is 0.888. The summed E-state index contributed by atoms with van der Waals surface area (Å²) in [6, 6.07) is 0. The lowest BCUT2D eigenvalue weighted by atomic mass is 10.4. The van der Waals surface area contributed by atoms with Crippen LogP contribution in [0.5, 0.6) is 0 Å². The first kappa shape index (κ1) is 11.0. The summed E-state index contributed by atoms with van der Waals surface area (Å²) in [6.45, 7) is 2.89. The van der Waals surface area contributed by atoms with Gasteiger partial charge in [-0.2, -0.15) is 15.0 Å². The minimum Gasteiger partial charge on any atom is -0.368 e. The lowest BCUT2D eigenvalue weighted by Crippen LogP contribution is -2.10. The van der Waals surface area contributed by atoms with Gasteiger partial charge in [0, 0.05) is 18.8 Å². The Morgan fingerprint density at radius 1 is 1.36 bits per heavy atom. The average Bonchev–Trinajstić information content (AvgIpc) is 2.14. The number of nitrogens with zero attached hydrogens (tertiary/aromatic N) is 3. The highest BCUT2D eigenvalue weighted by molar-refractivity contribution is 6.17. The first-order valence-electron chi connectivity index (χ1n) is 4.56. The van der Waals surface area contributed by atoms with Gasteiger partial charge in [0.1, 0.15) is 5.82 Å². The molecule has 0 saturated carbocycles. The van der Waals surface area contributed by atoms with Crippen molar-refractivity contribution in [3.8, 4) is 0 Å². The van der Waals surface area contributed by atoms with Crippen LogP contribution in [-0.4, -0.2) is 27.4 Å². The molecule has 0 aliphatic rings. The van der Waals surface area contributed by atoms with E-state index in [1.807, 2.05) is 0 Å². The summed E-state index contributed by atoms with van der Waals surface area (Å²) >= 11 is 5.58. The topological polar surface area (TPSA) is 76.7 Å². The molecule has 1 rings (SSSR count). The van der Waals surface area contributed by atoms with E-state index in [1.54, 1.807) is 0 Å². The molecule has 0 aromatic carbocycles. The van der Waals surface area contributed by atoms with Gasteiger partial charge in [-0.25, -0.2) is 0 Å². The number of hydrogen-bond donors (Lipinski definition) is 2. The van der Waals surface area contributed by atoms with Crippen LogP contribution in [0.3, 0.4) is 0 Å². The molecule has 0 radical (unpaired) electrons. The quantitative estimate of drug-likeness (QED) is 0.719. The zero-order valence-corrected chi connectivity index (χ0v) is 8.88. The summed E-state index contributed by atoms with van der Waals surface area (Å²) in [4.78, 5) is 12.1. The molecule has 0 aliphatic carbocycles. The first-order chi connectivity index (χ1) is 6.76. The highest BCUT2D eigenvalue weighted by atomic mass is 35.5. The maximum Gasteiger partial charge on any atom is 0.227 e. The molecule has 0 saturated heterocycles. The highest BCUT2D eigenvalue weighted by Gasteiger charge is 2.02. The number of aryl methyl sites for hydroxylation is 1. The maximum atomic E-state index is 5.58. The van der Waals surface area contributed by atoms with Crippen LogP contribution in [0, 0.1) is 0 Å². The molecule has 0 bridgehead atoms. The molecular weight excluding hydrogens is 202 g/mol. The van der Waals surface area contributed by atoms with E-state index in [0.717, 1.165) is 13.0 Å². The van der Waals surface area contributed by atoms with Crippen molar-refractivity contribution in [2.45, 2.75) is 19.8 Å². The van der Waals surface area contributed by atoms with Crippen molar-refractivity contribution in [3.05, 3.63) is 5.82 Å². The van der Waals surface area contributed by atoms with Crippen molar-refractivity contribution in [3.63, 3.8) is 0 Å². The predicted octanol–water partition coefficient (Wildman–Crippen LogP) is 1.06. The van der Waals surface area contributed by atoms with E-state index in [9.17, 15) is 0 Å². The zero-order valence-electron chi connectivity index (χ0n) is 8.13. The minimum absolute atomic E-state index is 0.235. The summed E-state index contributed by atoms with van der Waals surface area (Å²) in [7, 11) is 0. The van der Waals surface area contributed by atoms with Gasteiger partial charge in [0.2, 0.25) is 11.9 Å². The molecule has 78 valence electrons. The first-order valence-corrected chi connectivity index (χ1v) is 5.10. The standard InChI is InChI=1S/C8H14ClN5/c1-2-5-11-8-13-6(3-4-9)12-7(10)14-8/h2-5H2,1H3,(H3,10,11,12,13,14). The number of halogens is 1. The molecule has 14 heavy (non-hydrogen) atoms. The van der Waals surface area contributed by atoms with E-state index in [1.165, 1.54) is 0 Å². The molecule has 1 aromatic rings. The summed E-state index contributed by atoms with van der Waals surface area (Å²) in [5.74, 6) is 1.88. The number of anilines is 2. The van der Waals surface area contributed by atoms with Crippen molar-refractivity contribution in [1.29, 1.82) is 0 Å². The SMILES string of the molecule is CCCNc1nc(N)nc(CCCl)n1. The number of rotatable bonds is 5. The monoisotopic (exact) mass is 215 g/mol. The third-order valence-electron chi connectivity index (χ3n) is 1.55. The summed E-state index contributed by atoms with van der Waals surface area (Å²) in [5.41, 5.74) is 5.52. The third kappa shape index (κ3) is 3.33. The molecular formula is C8H14ClN5. The normalized spacial score (nSPS) is 10.1. The molecule has 0 atom stereocenters. The molecule has 5 nitrogen and oxygen atoms in total. The van der Waals surface area contributed by atoms with Crippen molar-refractivity contribution < 1.29 is 0 Å². The van der Waals surface area contributed by atoms with E-state index in [-0.39, 0.29) is 5.95 Å². The molecule has 6 heteroatoms. The Hall–Kier alpha value is -1.10. The fraction of sp³-hybridized carbons (Fsp3) is 0.625. The van der Waals surface area contributed by atoms with Gasteiger partial charge in [-0.15, -0.1) is 11.6 Å². The smallest absolute Gasteiger partial charge is 0.227 e. The van der Waals surface area contributed by atoms with Gasteiger partial charge < -0.3 is 11.1 Å². The summed E-state index contributed by atoms with van der Waals surface area (Å²) in [5, 5.41) is 3.05. The fourth-order valence-electron chi connectivity index (χ4n) is 0.950. The van der Waals surface area contributed by atoms with Crippen LogP contribution in [0.4, 0.5) is 11.9 Å². The van der Waals surface area contributed by atoms with Crippen LogP contribution in [0.25, 0.3) is 0 Å². The van der Waals surface area contributed by atoms with Crippen molar-refractivity contribution in [2.75, 3.05) is 23.5 Å². The van der Waals surface area contributed by atoms with E-state index < -0.39 is 0 Å². The number of nitrogen functional groups attached to an aromatic ring is 1. The molecule has 3 N–H and O–H groups in total. The summed E-state index contributed by atoms with van der Waals surface area (Å²) < 4.78 is 0. The van der Waals surface area contributed by atoms with Gasteiger partial charge in [-0.3, -0.25) is 0 Å². The van der Waals surface area contributed by atoms with E-state index in [2.05, 4.69) is 27.2 Å². The second-order valence-corrected chi connectivity index (χ2v) is 3.18. The second-order valence-electron chi connectivity index (χ2n) is 2.80. The number of nitrogens with two attached hydrogens (primary N) is 1. The van der Waals surface area contributed by atoms with Crippen molar-refractivity contribution >= 4 is 23.5 Å². The van der Waals surface area contributed by atoms with Gasteiger partial charge in [0.25, 0.3) is 0 Å². The Labute approximate surface area is 88.1 Å². The molecule has 0 amide bonds. The van der Waals surface area contributed by atoms with Crippen molar-refractivity contribution in [2.24, 2.45) is 0 Å². The van der Waals surface area contributed by atoms with Crippen LogP contribution in [-0.2, 0) is 6.42 Å². The van der Waals surface area contributed by atoms with Gasteiger partial charge >= 0.3 is 0 Å².